The minimum Gasteiger partial charge on any atom is -0.337 e. The maximum Gasteiger partial charge on any atom is 0.244 e. The van der Waals surface area contributed by atoms with Gasteiger partial charge in [-0.2, -0.15) is 4.98 Å². The fraction of sp³-hybridized carbons (Fsp3) is 0.267. The smallest absolute Gasteiger partial charge is 0.244 e. The van der Waals surface area contributed by atoms with Gasteiger partial charge in [-0.15, -0.1) is 0 Å². The first kappa shape index (κ1) is 14.2. The third-order valence-electron chi connectivity index (χ3n) is 3.33. The van der Waals surface area contributed by atoms with E-state index in [9.17, 15) is 0 Å². The molecule has 1 unspecified atom stereocenters. The first-order valence-electron chi connectivity index (χ1n) is 6.71. The van der Waals surface area contributed by atoms with Crippen LogP contribution in [0.1, 0.15) is 25.8 Å². The zero-order valence-electron chi connectivity index (χ0n) is 11.7. The van der Waals surface area contributed by atoms with Crippen molar-refractivity contribution in [2.45, 2.75) is 19.9 Å². The highest BCUT2D eigenvalue weighted by Gasteiger charge is 2.20. The highest BCUT2D eigenvalue weighted by Crippen LogP contribution is 2.29. The van der Waals surface area contributed by atoms with Gasteiger partial charge in [-0.1, -0.05) is 37.2 Å². The molecule has 6 heteroatoms. The van der Waals surface area contributed by atoms with Crippen molar-refractivity contribution in [2.75, 3.05) is 0 Å². The predicted molar refractivity (Wildman–Crippen MR) is 84.5 cm³/mol. The zero-order chi connectivity index (χ0) is 15.0. The Hall–Kier alpha value is -1.79. The average molecular weight is 347 g/mol. The molecule has 108 valence electrons. The van der Waals surface area contributed by atoms with E-state index in [2.05, 4.69) is 31.1 Å². The third kappa shape index (κ3) is 2.69. The van der Waals surface area contributed by atoms with Crippen LogP contribution in [0.5, 0.6) is 0 Å². The molecule has 0 amide bonds. The largest absolute Gasteiger partial charge is 0.337 e. The van der Waals surface area contributed by atoms with Crippen LogP contribution < -0.4 is 5.73 Å². The van der Waals surface area contributed by atoms with Gasteiger partial charge in [0, 0.05) is 9.86 Å². The molecule has 0 fully saturated rings. The molecule has 0 bridgehead atoms. The van der Waals surface area contributed by atoms with E-state index in [0.717, 1.165) is 15.4 Å². The van der Waals surface area contributed by atoms with Crippen molar-refractivity contribution in [3.8, 4) is 11.5 Å². The molecule has 3 aromatic rings. The summed E-state index contributed by atoms with van der Waals surface area (Å²) in [5.74, 6) is 1.10. The van der Waals surface area contributed by atoms with Crippen molar-refractivity contribution in [3.63, 3.8) is 0 Å². The second-order valence-electron chi connectivity index (χ2n) is 5.24. The van der Waals surface area contributed by atoms with Crippen LogP contribution in [0, 0.1) is 5.92 Å². The van der Waals surface area contributed by atoms with Crippen LogP contribution in [0.25, 0.3) is 22.4 Å². The van der Waals surface area contributed by atoms with Gasteiger partial charge in [0.25, 0.3) is 0 Å². The van der Waals surface area contributed by atoms with Crippen LogP contribution in [0.15, 0.2) is 39.3 Å². The van der Waals surface area contributed by atoms with Gasteiger partial charge in [0.05, 0.1) is 11.6 Å². The number of para-hydroxylation sites is 1. The van der Waals surface area contributed by atoms with Crippen LogP contribution >= 0.6 is 15.9 Å². The van der Waals surface area contributed by atoms with Crippen LogP contribution in [0.3, 0.4) is 0 Å². The molecule has 2 N–H and O–H groups in total. The number of nitrogens with zero attached hydrogens (tertiary/aromatic N) is 3. The summed E-state index contributed by atoms with van der Waals surface area (Å²) in [6, 6.07) is 9.61. The number of hydrogen-bond donors (Lipinski definition) is 1. The predicted octanol–water partition coefficient (Wildman–Crippen LogP) is 3.70. The van der Waals surface area contributed by atoms with Crippen LogP contribution in [0.2, 0.25) is 0 Å². The summed E-state index contributed by atoms with van der Waals surface area (Å²) in [4.78, 5) is 8.96. The number of pyridine rings is 1. The molecule has 1 atom stereocenters. The number of rotatable bonds is 3. The van der Waals surface area contributed by atoms with E-state index in [1.54, 1.807) is 0 Å². The molecule has 2 heterocycles. The van der Waals surface area contributed by atoms with Crippen molar-refractivity contribution in [2.24, 2.45) is 11.7 Å². The molecule has 5 nitrogen and oxygen atoms in total. The second kappa shape index (κ2) is 5.54. The third-order valence-corrected chi connectivity index (χ3v) is 3.94. The molecule has 0 spiro atoms. The number of nitrogens with two attached hydrogens (primary N) is 1. The van der Waals surface area contributed by atoms with E-state index in [-0.39, 0.29) is 12.0 Å². The number of halogens is 1. The van der Waals surface area contributed by atoms with Crippen molar-refractivity contribution < 1.29 is 4.52 Å². The lowest BCUT2D eigenvalue weighted by Crippen LogP contribution is -2.16. The van der Waals surface area contributed by atoms with Crippen molar-refractivity contribution in [3.05, 3.63) is 40.7 Å². The van der Waals surface area contributed by atoms with Gasteiger partial charge in [0.15, 0.2) is 0 Å². The summed E-state index contributed by atoms with van der Waals surface area (Å²) in [6.07, 6.45) is 0. The Bertz CT molecular complexity index is 784. The minimum atomic E-state index is -0.273. The summed E-state index contributed by atoms with van der Waals surface area (Å²) >= 11 is 3.51. The average Bonchev–Trinajstić information content (AvgIpc) is 2.95. The van der Waals surface area contributed by atoms with Crippen LogP contribution in [0.4, 0.5) is 0 Å². The summed E-state index contributed by atoms with van der Waals surface area (Å²) < 4.78 is 6.09. The monoisotopic (exact) mass is 346 g/mol. The molecule has 0 saturated heterocycles. The number of hydrogen-bond acceptors (Lipinski definition) is 5. The molecular weight excluding hydrogens is 332 g/mol. The Balaban J connectivity index is 2.06. The molecule has 0 saturated carbocycles. The van der Waals surface area contributed by atoms with Crippen LogP contribution in [-0.4, -0.2) is 15.1 Å². The Morgan fingerprint density at radius 2 is 1.95 bits per heavy atom. The first-order chi connectivity index (χ1) is 10.1. The highest BCUT2D eigenvalue weighted by atomic mass is 79.9. The maximum atomic E-state index is 6.03. The molecule has 0 aliphatic heterocycles. The van der Waals surface area contributed by atoms with Gasteiger partial charge in [0.2, 0.25) is 11.7 Å². The van der Waals surface area contributed by atoms with Gasteiger partial charge >= 0.3 is 0 Å². The van der Waals surface area contributed by atoms with Gasteiger partial charge in [0.1, 0.15) is 5.69 Å². The van der Waals surface area contributed by atoms with E-state index >= 15 is 0 Å². The first-order valence-corrected chi connectivity index (χ1v) is 7.50. The molecular formula is C15H15BrN4O. The lowest BCUT2D eigenvalue weighted by Gasteiger charge is -2.09. The molecule has 3 rings (SSSR count). The Morgan fingerprint density at radius 3 is 2.71 bits per heavy atom. The molecule has 0 aliphatic rings. The summed E-state index contributed by atoms with van der Waals surface area (Å²) in [5, 5.41) is 5.05. The normalized spacial score (nSPS) is 13.0. The van der Waals surface area contributed by atoms with Gasteiger partial charge in [-0.25, -0.2) is 4.98 Å². The Morgan fingerprint density at radius 1 is 1.19 bits per heavy atom. The molecule has 0 aliphatic carbocycles. The van der Waals surface area contributed by atoms with E-state index in [0.29, 0.717) is 17.4 Å². The number of fused-ring (bicyclic) bond motifs is 1. The molecule has 2 aromatic heterocycles. The van der Waals surface area contributed by atoms with Gasteiger partial charge in [-0.3, -0.25) is 0 Å². The topological polar surface area (TPSA) is 77.8 Å². The SMILES string of the molecule is CC(C)C(N)c1nc(-c2nc3ccccc3cc2Br)no1. The van der Waals surface area contributed by atoms with Crippen LogP contribution in [-0.2, 0) is 0 Å². The summed E-state index contributed by atoms with van der Waals surface area (Å²) in [6.45, 7) is 4.03. The van der Waals surface area contributed by atoms with Crippen molar-refractivity contribution >= 4 is 26.8 Å². The zero-order valence-corrected chi connectivity index (χ0v) is 13.3. The Kier molecular flexibility index (Phi) is 3.73. The molecule has 0 radical (unpaired) electrons. The van der Waals surface area contributed by atoms with E-state index in [1.807, 2.05) is 44.2 Å². The van der Waals surface area contributed by atoms with Crippen molar-refractivity contribution in [1.82, 2.24) is 15.1 Å². The van der Waals surface area contributed by atoms with Gasteiger partial charge < -0.3 is 10.3 Å². The Labute approximate surface area is 130 Å². The fourth-order valence-corrected chi connectivity index (χ4v) is 2.51. The van der Waals surface area contributed by atoms with E-state index in [4.69, 9.17) is 10.3 Å². The number of aromatic nitrogens is 3. The molecule has 1 aromatic carbocycles. The van der Waals surface area contributed by atoms with Crippen molar-refractivity contribution in [1.29, 1.82) is 0 Å². The van der Waals surface area contributed by atoms with E-state index in [1.165, 1.54) is 0 Å². The fourth-order valence-electron chi connectivity index (χ4n) is 2.00. The van der Waals surface area contributed by atoms with Gasteiger partial charge in [-0.05, 0) is 34.0 Å². The quantitative estimate of drug-likeness (QED) is 0.782. The second-order valence-corrected chi connectivity index (χ2v) is 6.09. The summed E-state index contributed by atoms with van der Waals surface area (Å²) in [7, 11) is 0. The molecule has 21 heavy (non-hydrogen) atoms. The minimum absolute atomic E-state index is 0.228. The lowest BCUT2D eigenvalue weighted by molar-refractivity contribution is 0.325. The standard InChI is InChI=1S/C15H15BrN4O/c1-8(2)12(17)15-19-14(20-21-15)13-10(16)7-9-5-3-4-6-11(9)18-13/h3-8,12H,17H2,1-2H3. The summed E-state index contributed by atoms with van der Waals surface area (Å²) in [5.41, 5.74) is 7.57. The lowest BCUT2D eigenvalue weighted by atomic mass is 10.1. The highest BCUT2D eigenvalue weighted by molar-refractivity contribution is 9.10. The van der Waals surface area contributed by atoms with E-state index < -0.39 is 0 Å². The maximum absolute atomic E-state index is 6.03. The number of benzene rings is 1.